The number of nitrogens with one attached hydrogen (secondary N) is 1. The molecule has 114 valence electrons. The zero-order valence-corrected chi connectivity index (χ0v) is 13.4. The first-order valence-electron chi connectivity index (χ1n) is 7.33. The lowest BCUT2D eigenvalue weighted by atomic mass is 9.83. The molecule has 21 heavy (non-hydrogen) atoms. The highest BCUT2D eigenvalue weighted by molar-refractivity contribution is 6.01. The summed E-state index contributed by atoms with van der Waals surface area (Å²) in [6.45, 7) is 9.95. The second-order valence-corrected chi connectivity index (χ2v) is 6.52. The second kappa shape index (κ2) is 5.22. The molecule has 0 saturated carbocycles. The first-order chi connectivity index (χ1) is 9.70. The zero-order chi connectivity index (χ0) is 15.8. The topological polar surface area (TPSA) is 58.5 Å². The number of rotatable bonds is 4. The van der Waals surface area contributed by atoms with Crippen molar-refractivity contribution < 1.29 is 14.2 Å². The molecule has 0 spiro atoms. The Hall–Kier alpha value is -1.75. The number of quaternary nitrogens is 1. The van der Waals surface area contributed by atoms with Crippen molar-refractivity contribution in [3.05, 3.63) is 23.4 Å². The fourth-order valence-corrected chi connectivity index (χ4v) is 2.84. The van der Waals surface area contributed by atoms with Gasteiger partial charge in [-0.15, -0.1) is 0 Å². The average molecular weight is 290 g/mol. The molecule has 1 amide bonds. The number of hydrogen-bond donors (Lipinski definition) is 1. The SMILES string of the molecule is CC(=O)C1(C)CC(C)=C(C[N+]2(C(C)C)C=CC=N2)C(=O)N1. The minimum absolute atomic E-state index is 0.0129. The standard InChI is InChI=1S/C16H23N3O2/c1-11(2)19(8-6-7-17-19)10-14-12(3)9-16(5,13(4)20)18-15(14)21/h6-8,11H,9-10H2,1-5H3/p+1. The Morgan fingerprint density at radius 1 is 1.52 bits per heavy atom. The van der Waals surface area contributed by atoms with Gasteiger partial charge < -0.3 is 5.32 Å². The fourth-order valence-electron chi connectivity index (χ4n) is 2.84. The van der Waals surface area contributed by atoms with E-state index in [1.165, 1.54) is 6.92 Å². The highest BCUT2D eigenvalue weighted by atomic mass is 16.2. The van der Waals surface area contributed by atoms with E-state index in [1.807, 2.05) is 19.2 Å². The van der Waals surface area contributed by atoms with Gasteiger partial charge in [0.1, 0.15) is 18.8 Å². The first-order valence-corrected chi connectivity index (χ1v) is 7.33. The van der Waals surface area contributed by atoms with Gasteiger partial charge in [0.2, 0.25) is 0 Å². The number of ketones is 1. The van der Waals surface area contributed by atoms with E-state index >= 15 is 0 Å². The maximum Gasteiger partial charge on any atom is 0.253 e. The van der Waals surface area contributed by atoms with Crippen LogP contribution in [0.4, 0.5) is 0 Å². The zero-order valence-electron chi connectivity index (χ0n) is 13.4. The largest absolute Gasteiger partial charge is 0.340 e. The molecule has 0 fully saturated rings. The molecule has 2 aliphatic rings. The molecule has 0 aromatic rings. The Morgan fingerprint density at radius 3 is 2.62 bits per heavy atom. The third-order valence-electron chi connectivity index (χ3n) is 4.59. The Morgan fingerprint density at radius 2 is 2.19 bits per heavy atom. The molecule has 2 aliphatic heterocycles. The summed E-state index contributed by atoms with van der Waals surface area (Å²) in [4.78, 5) is 24.2. The van der Waals surface area contributed by atoms with Gasteiger partial charge in [0.05, 0.1) is 17.3 Å². The van der Waals surface area contributed by atoms with Gasteiger partial charge in [-0.3, -0.25) is 9.59 Å². The number of Topliss-reactive ketones (excluding diaryl/α,β-unsaturated/α-hetero) is 1. The van der Waals surface area contributed by atoms with Crippen LogP contribution in [0.2, 0.25) is 0 Å². The van der Waals surface area contributed by atoms with Crippen molar-refractivity contribution in [3.8, 4) is 0 Å². The van der Waals surface area contributed by atoms with Gasteiger partial charge in [-0.2, -0.15) is 4.59 Å². The first kappa shape index (κ1) is 15.6. The summed E-state index contributed by atoms with van der Waals surface area (Å²) in [6, 6.07) is 0.245. The molecule has 5 nitrogen and oxygen atoms in total. The Kier molecular flexibility index (Phi) is 3.89. The molecule has 2 rings (SSSR count). The summed E-state index contributed by atoms with van der Waals surface area (Å²) in [7, 11) is 0. The van der Waals surface area contributed by atoms with Crippen LogP contribution < -0.4 is 5.32 Å². The Bertz CT molecular complexity index is 560. The molecule has 0 aromatic heterocycles. The predicted octanol–water partition coefficient (Wildman–Crippen LogP) is 1.91. The summed E-state index contributed by atoms with van der Waals surface area (Å²) in [5.41, 5.74) is 0.938. The van der Waals surface area contributed by atoms with Crippen LogP contribution in [0, 0.1) is 0 Å². The highest BCUT2D eigenvalue weighted by Gasteiger charge is 2.42. The van der Waals surface area contributed by atoms with Crippen LogP contribution in [0.5, 0.6) is 0 Å². The predicted molar refractivity (Wildman–Crippen MR) is 82.4 cm³/mol. The third kappa shape index (κ3) is 2.70. The number of amides is 1. The van der Waals surface area contributed by atoms with Crippen molar-refractivity contribution in [3.63, 3.8) is 0 Å². The fraction of sp³-hybridized carbons (Fsp3) is 0.562. The number of carbonyl (C=O) groups excluding carboxylic acids is 2. The summed E-state index contributed by atoms with van der Waals surface area (Å²) >= 11 is 0. The van der Waals surface area contributed by atoms with Gasteiger partial charge in [-0.05, 0) is 41.0 Å². The monoisotopic (exact) mass is 290 g/mol. The third-order valence-corrected chi connectivity index (χ3v) is 4.59. The number of carbonyl (C=O) groups is 2. The van der Waals surface area contributed by atoms with Crippen molar-refractivity contribution in [2.24, 2.45) is 5.10 Å². The van der Waals surface area contributed by atoms with Gasteiger partial charge in [0, 0.05) is 6.08 Å². The van der Waals surface area contributed by atoms with E-state index in [-0.39, 0.29) is 17.7 Å². The van der Waals surface area contributed by atoms with Gasteiger partial charge in [0.15, 0.2) is 5.78 Å². The van der Waals surface area contributed by atoms with Crippen LogP contribution >= 0.6 is 0 Å². The smallest absolute Gasteiger partial charge is 0.253 e. The molecule has 0 saturated heterocycles. The lowest BCUT2D eigenvalue weighted by Crippen LogP contribution is -2.56. The van der Waals surface area contributed by atoms with Crippen LogP contribution in [-0.4, -0.2) is 40.6 Å². The van der Waals surface area contributed by atoms with Crippen molar-refractivity contribution in [2.45, 2.75) is 52.6 Å². The van der Waals surface area contributed by atoms with Crippen LogP contribution in [0.15, 0.2) is 28.5 Å². The van der Waals surface area contributed by atoms with Gasteiger partial charge >= 0.3 is 0 Å². The van der Waals surface area contributed by atoms with Crippen molar-refractivity contribution in [2.75, 3.05) is 6.54 Å². The van der Waals surface area contributed by atoms with Gasteiger partial charge in [-0.25, -0.2) is 0 Å². The van der Waals surface area contributed by atoms with E-state index < -0.39 is 5.54 Å². The molecule has 2 atom stereocenters. The van der Waals surface area contributed by atoms with Crippen LogP contribution in [0.1, 0.15) is 41.0 Å². The van der Waals surface area contributed by atoms with E-state index in [9.17, 15) is 9.59 Å². The van der Waals surface area contributed by atoms with Crippen LogP contribution in [0.3, 0.4) is 0 Å². The summed E-state index contributed by atoms with van der Waals surface area (Å²) in [5.74, 6) is -0.161. The minimum Gasteiger partial charge on any atom is -0.340 e. The number of allylic oxidation sites excluding steroid dienone is 1. The number of hydrogen-bond acceptors (Lipinski definition) is 3. The van der Waals surface area contributed by atoms with Crippen molar-refractivity contribution in [1.29, 1.82) is 0 Å². The molecule has 2 heterocycles. The van der Waals surface area contributed by atoms with Crippen molar-refractivity contribution >= 4 is 17.9 Å². The second-order valence-electron chi connectivity index (χ2n) is 6.52. The van der Waals surface area contributed by atoms with Gasteiger partial charge in [0.25, 0.3) is 5.91 Å². The quantitative estimate of drug-likeness (QED) is 0.804. The molecule has 5 heteroatoms. The van der Waals surface area contributed by atoms with Crippen LogP contribution in [-0.2, 0) is 9.59 Å². The molecular formula is C16H24N3O2+. The highest BCUT2D eigenvalue weighted by Crippen LogP contribution is 2.30. The Labute approximate surface area is 126 Å². The van der Waals surface area contributed by atoms with E-state index in [2.05, 4.69) is 24.3 Å². The molecule has 2 unspecified atom stereocenters. The summed E-state index contributed by atoms with van der Waals surface area (Å²) in [5, 5.41) is 7.39. The van der Waals surface area contributed by atoms with E-state index in [0.717, 1.165) is 11.1 Å². The molecule has 1 N–H and O–H groups in total. The molecule has 0 radical (unpaired) electrons. The molecule has 0 bridgehead atoms. The molecular weight excluding hydrogens is 266 g/mol. The summed E-state index contributed by atoms with van der Waals surface area (Å²) in [6.07, 6.45) is 6.26. The van der Waals surface area contributed by atoms with E-state index in [4.69, 9.17) is 0 Å². The van der Waals surface area contributed by atoms with E-state index in [0.29, 0.717) is 17.6 Å². The maximum atomic E-state index is 12.5. The van der Waals surface area contributed by atoms with Crippen LogP contribution in [0.25, 0.3) is 0 Å². The maximum absolute atomic E-state index is 12.5. The summed E-state index contributed by atoms with van der Waals surface area (Å²) < 4.78 is 0.400. The minimum atomic E-state index is -0.780. The Balaban J connectivity index is 2.32. The molecule has 0 aliphatic carbocycles. The van der Waals surface area contributed by atoms with Crippen molar-refractivity contribution in [1.82, 2.24) is 5.32 Å². The molecule has 0 aromatic carbocycles. The normalized spacial score (nSPS) is 32.0. The van der Waals surface area contributed by atoms with E-state index in [1.54, 1.807) is 13.1 Å². The van der Waals surface area contributed by atoms with Gasteiger partial charge in [-0.1, -0.05) is 10.7 Å². The lowest BCUT2D eigenvalue weighted by Gasteiger charge is -2.37. The lowest BCUT2D eigenvalue weighted by molar-refractivity contribution is -0.899. The average Bonchev–Trinajstić information content (AvgIpc) is 2.83. The number of nitrogens with zero attached hydrogens (tertiary/aromatic N) is 2.